The molecule has 3 rings (SSSR count). The van der Waals surface area contributed by atoms with E-state index in [1.54, 1.807) is 24.3 Å². The van der Waals surface area contributed by atoms with Crippen LogP contribution in [0.25, 0.3) is 0 Å². The summed E-state index contributed by atoms with van der Waals surface area (Å²) < 4.78 is 40.2. The third-order valence-electron chi connectivity index (χ3n) is 4.48. The Hall–Kier alpha value is -3.27. The summed E-state index contributed by atoms with van der Waals surface area (Å²) in [5, 5.41) is 21.9. The molecule has 1 fully saturated rings. The van der Waals surface area contributed by atoms with Crippen LogP contribution in [0.5, 0.6) is 0 Å². The molecule has 0 aromatic heterocycles. The molecule has 2 aromatic rings. The fourth-order valence-electron chi connectivity index (χ4n) is 2.90. The number of halogens is 1. The number of benzene rings is 2. The van der Waals surface area contributed by atoms with E-state index in [2.05, 4.69) is 11.2 Å². The van der Waals surface area contributed by atoms with Gasteiger partial charge in [-0.15, -0.1) is 0 Å². The maximum absolute atomic E-state index is 13.5. The van der Waals surface area contributed by atoms with E-state index in [4.69, 9.17) is 15.4 Å². The Morgan fingerprint density at radius 3 is 2.55 bits per heavy atom. The minimum atomic E-state index is -3.82. The van der Waals surface area contributed by atoms with Crippen molar-refractivity contribution in [1.29, 1.82) is 10.5 Å². The van der Waals surface area contributed by atoms with E-state index in [0.717, 1.165) is 29.5 Å². The van der Waals surface area contributed by atoms with Gasteiger partial charge in [-0.25, -0.2) is 12.8 Å². The number of nitrogens with zero attached hydrogens (tertiary/aromatic N) is 4. The summed E-state index contributed by atoms with van der Waals surface area (Å²) >= 11 is 0. The highest BCUT2D eigenvalue weighted by Crippen LogP contribution is 2.22. The quantitative estimate of drug-likeness (QED) is 0.702. The molecular weight excluding hydrogens is 395 g/mol. The topological polar surface area (TPSA) is 107 Å². The molecule has 0 radical (unpaired) electrons. The third kappa shape index (κ3) is 4.77. The first kappa shape index (κ1) is 20.5. The van der Waals surface area contributed by atoms with Gasteiger partial charge in [0.25, 0.3) is 0 Å². The molecule has 0 saturated carbocycles. The Labute approximate surface area is 168 Å². The summed E-state index contributed by atoms with van der Waals surface area (Å²) in [5.74, 6) is -0.753. The molecule has 2 aromatic carbocycles. The molecule has 1 aliphatic heterocycles. The van der Waals surface area contributed by atoms with Crippen molar-refractivity contribution in [2.75, 3.05) is 13.1 Å². The molecule has 148 valence electrons. The largest absolute Gasteiger partial charge is 0.391 e. The zero-order chi connectivity index (χ0) is 20.9. The predicted octanol–water partition coefficient (Wildman–Crippen LogP) is 2.93. The van der Waals surface area contributed by atoms with Crippen LogP contribution in [0.15, 0.2) is 52.5 Å². The van der Waals surface area contributed by atoms with Gasteiger partial charge in [-0.1, -0.05) is 17.3 Å². The van der Waals surface area contributed by atoms with Crippen molar-refractivity contribution in [3.8, 4) is 12.1 Å². The molecule has 1 aliphatic rings. The number of sulfonamides is 1. The highest BCUT2D eigenvalue weighted by molar-refractivity contribution is 7.89. The fraction of sp³-hybridized carbons (Fsp3) is 0.250. The van der Waals surface area contributed by atoms with Crippen LogP contribution in [-0.2, 0) is 21.5 Å². The van der Waals surface area contributed by atoms with Gasteiger partial charge in [0.05, 0.1) is 27.8 Å². The van der Waals surface area contributed by atoms with E-state index >= 15 is 0 Å². The van der Waals surface area contributed by atoms with Crippen LogP contribution in [-0.4, -0.2) is 31.5 Å². The smallest absolute Gasteiger partial charge is 0.243 e. The zero-order valence-corrected chi connectivity index (χ0v) is 16.2. The van der Waals surface area contributed by atoms with Gasteiger partial charge < -0.3 is 4.84 Å². The Bertz CT molecular complexity index is 1120. The lowest BCUT2D eigenvalue weighted by Gasteiger charge is -2.26. The molecule has 29 heavy (non-hydrogen) atoms. The molecule has 9 heteroatoms. The average Bonchev–Trinajstić information content (AvgIpc) is 2.74. The molecule has 7 nitrogen and oxygen atoms in total. The Morgan fingerprint density at radius 1 is 1.10 bits per heavy atom. The highest BCUT2D eigenvalue weighted by Gasteiger charge is 2.28. The summed E-state index contributed by atoms with van der Waals surface area (Å²) in [5.41, 5.74) is 1.79. The van der Waals surface area contributed by atoms with Gasteiger partial charge in [-0.2, -0.15) is 14.8 Å². The van der Waals surface area contributed by atoms with Crippen molar-refractivity contribution in [3.05, 3.63) is 65.0 Å². The van der Waals surface area contributed by atoms with Gasteiger partial charge in [0.15, 0.2) is 0 Å². The molecular formula is C20H17FN4O3S. The summed E-state index contributed by atoms with van der Waals surface area (Å²) in [7, 11) is -3.82. The van der Waals surface area contributed by atoms with Crippen molar-refractivity contribution in [2.24, 2.45) is 5.16 Å². The predicted molar refractivity (Wildman–Crippen MR) is 102 cm³/mol. The van der Waals surface area contributed by atoms with Crippen LogP contribution in [0.4, 0.5) is 4.39 Å². The molecule has 0 atom stereocenters. The summed E-state index contributed by atoms with van der Waals surface area (Å²) in [6.07, 6.45) is 0.813. The van der Waals surface area contributed by atoms with Crippen LogP contribution in [0.1, 0.15) is 29.5 Å². The van der Waals surface area contributed by atoms with Crippen molar-refractivity contribution < 1.29 is 17.6 Å². The first-order valence-electron chi connectivity index (χ1n) is 8.80. The maximum atomic E-state index is 13.5. The first-order chi connectivity index (χ1) is 13.9. The minimum Gasteiger partial charge on any atom is -0.391 e. The van der Waals surface area contributed by atoms with Gasteiger partial charge in [0.1, 0.15) is 18.5 Å². The Balaban J connectivity index is 1.60. The normalized spacial score (nSPS) is 14.7. The second kappa shape index (κ2) is 8.82. The molecule has 1 saturated heterocycles. The molecule has 0 amide bonds. The molecule has 0 aliphatic carbocycles. The molecule has 0 bridgehead atoms. The van der Waals surface area contributed by atoms with Crippen molar-refractivity contribution in [3.63, 3.8) is 0 Å². The van der Waals surface area contributed by atoms with Gasteiger partial charge in [0.2, 0.25) is 10.0 Å². The summed E-state index contributed by atoms with van der Waals surface area (Å²) in [6.45, 7) is 0.648. The maximum Gasteiger partial charge on any atom is 0.243 e. The van der Waals surface area contributed by atoms with Gasteiger partial charge in [-0.3, -0.25) is 0 Å². The van der Waals surface area contributed by atoms with Crippen molar-refractivity contribution >= 4 is 15.7 Å². The van der Waals surface area contributed by atoms with Crippen LogP contribution in [0, 0.1) is 28.5 Å². The van der Waals surface area contributed by atoms with E-state index < -0.39 is 15.8 Å². The number of hydrogen-bond donors (Lipinski definition) is 0. The van der Waals surface area contributed by atoms with Crippen LogP contribution in [0.2, 0.25) is 0 Å². The standard InChI is InChI=1S/C20H17FN4O3S/c21-20-5-4-19(11-17(20)13-23)29(26,27)25-8-6-18(7-9-25)24-28-14-16-3-1-2-15(10-16)12-22/h1-5,10-11H,6-9,14H2. The van der Waals surface area contributed by atoms with E-state index in [0.29, 0.717) is 18.4 Å². The Morgan fingerprint density at radius 2 is 1.86 bits per heavy atom. The fourth-order valence-corrected chi connectivity index (χ4v) is 4.37. The van der Waals surface area contributed by atoms with Crippen LogP contribution in [0.3, 0.4) is 0 Å². The number of oxime groups is 1. The summed E-state index contributed by atoms with van der Waals surface area (Å²) in [4.78, 5) is 5.23. The average molecular weight is 412 g/mol. The lowest BCUT2D eigenvalue weighted by Crippen LogP contribution is -2.38. The van der Waals surface area contributed by atoms with Gasteiger partial charge in [0, 0.05) is 25.9 Å². The van der Waals surface area contributed by atoms with Crippen LogP contribution >= 0.6 is 0 Å². The van der Waals surface area contributed by atoms with Gasteiger partial charge >= 0.3 is 0 Å². The minimum absolute atomic E-state index is 0.107. The number of hydrogen-bond acceptors (Lipinski definition) is 6. The second-order valence-electron chi connectivity index (χ2n) is 6.40. The lowest BCUT2D eigenvalue weighted by atomic mass is 10.1. The first-order valence-corrected chi connectivity index (χ1v) is 10.2. The van der Waals surface area contributed by atoms with Gasteiger partial charge in [-0.05, 0) is 35.9 Å². The lowest BCUT2D eigenvalue weighted by molar-refractivity contribution is 0.128. The van der Waals surface area contributed by atoms with E-state index in [1.165, 1.54) is 4.31 Å². The molecule has 0 spiro atoms. The van der Waals surface area contributed by atoms with E-state index in [-0.39, 0.29) is 30.2 Å². The molecule has 1 heterocycles. The zero-order valence-electron chi connectivity index (χ0n) is 15.4. The number of nitriles is 2. The SMILES string of the molecule is N#Cc1cccc(CON=C2CCN(S(=O)(=O)c3ccc(F)c(C#N)c3)CC2)c1. The molecule has 0 unspecified atom stereocenters. The second-order valence-corrected chi connectivity index (χ2v) is 8.34. The van der Waals surface area contributed by atoms with Crippen LogP contribution < -0.4 is 0 Å². The molecule has 0 N–H and O–H groups in total. The monoisotopic (exact) mass is 412 g/mol. The van der Waals surface area contributed by atoms with E-state index in [1.807, 2.05) is 6.07 Å². The third-order valence-corrected chi connectivity index (χ3v) is 6.37. The highest BCUT2D eigenvalue weighted by atomic mass is 32.2. The number of piperidine rings is 1. The van der Waals surface area contributed by atoms with Crippen molar-refractivity contribution in [2.45, 2.75) is 24.3 Å². The van der Waals surface area contributed by atoms with Crippen molar-refractivity contribution in [1.82, 2.24) is 4.31 Å². The number of rotatable bonds is 5. The van der Waals surface area contributed by atoms with E-state index in [9.17, 15) is 12.8 Å². The Kier molecular flexibility index (Phi) is 6.23. The summed E-state index contributed by atoms with van der Waals surface area (Å²) in [6, 6.07) is 13.9.